The molecule has 180 valence electrons. The first-order chi connectivity index (χ1) is 15.7. The average molecular weight is 460 g/mol. The van der Waals surface area contributed by atoms with E-state index in [0.717, 1.165) is 0 Å². The fraction of sp³-hybridized carbons (Fsp3) is 0.522. The highest BCUT2D eigenvalue weighted by Gasteiger charge is 2.30. The van der Waals surface area contributed by atoms with Crippen LogP contribution in [0.2, 0.25) is 0 Å². The Morgan fingerprint density at radius 1 is 1.33 bits per heavy atom. The van der Waals surface area contributed by atoms with Crippen molar-refractivity contribution in [2.45, 2.75) is 46.3 Å². The van der Waals surface area contributed by atoms with Crippen LogP contribution in [0.4, 0.5) is 16.2 Å². The van der Waals surface area contributed by atoms with Crippen LogP contribution in [0, 0.1) is 19.8 Å². The number of aryl methyl sites for hydroxylation is 2. The van der Waals surface area contributed by atoms with E-state index in [-0.39, 0.29) is 37.0 Å². The van der Waals surface area contributed by atoms with Gasteiger partial charge in [-0.05, 0) is 46.0 Å². The summed E-state index contributed by atoms with van der Waals surface area (Å²) in [5.41, 5.74) is 2.29. The molecule has 0 spiro atoms. The number of aliphatic hydroxyl groups excluding tert-OH is 1. The van der Waals surface area contributed by atoms with E-state index in [4.69, 9.17) is 9.26 Å². The summed E-state index contributed by atoms with van der Waals surface area (Å²) >= 11 is 0. The Kier molecular flexibility index (Phi) is 7.93. The summed E-state index contributed by atoms with van der Waals surface area (Å²) in [5, 5.41) is 22.2. The summed E-state index contributed by atoms with van der Waals surface area (Å²) in [5.74, 6) is 1.06. The molecule has 0 saturated carbocycles. The molecule has 10 nitrogen and oxygen atoms in total. The summed E-state index contributed by atoms with van der Waals surface area (Å²) in [7, 11) is 1.85. The second kappa shape index (κ2) is 10.7. The summed E-state index contributed by atoms with van der Waals surface area (Å²) < 4.78 is 11.4. The number of amides is 3. The fourth-order valence-corrected chi connectivity index (χ4v) is 3.89. The molecule has 3 rings (SSSR count). The van der Waals surface area contributed by atoms with Crippen molar-refractivity contribution in [3.63, 3.8) is 0 Å². The van der Waals surface area contributed by atoms with Gasteiger partial charge in [-0.1, -0.05) is 12.1 Å². The molecule has 3 amide bonds. The Labute approximate surface area is 193 Å². The van der Waals surface area contributed by atoms with Gasteiger partial charge >= 0.3 is 6.03 Å². The molecule has 0 radical (unpaired) electrons. The minimum Gasteiger partial charge on any atom is -0.488 e. The maximum atomic E-state index is 13.1. The van der Waals surface area contributed by atoms with Crippen molar-refractivity contribution in [3.8, 4) is 5.75 Å². The lowest BCUT2D eigenvalue weighted by Crippen LogP contribution is -2.47. The second-order valence-electron chi connectivity index (χ2n) is 8.55. The van der Waals surface area contributed by atoms with Crippen molar-refractivity contribution in [2.75, 3.05) is 37.4 Å². The molecule has 1 aliphatic rings. The molecule has 0 aliphatic carbocycles. The number of nitrogens with one attached hydrogen (secondary N) is 3. The predicted molar refractivity (Wildman–Crippen MR) is 125 cm³/mol. The van der Waals surface area contributed by atoms with Crippen molar-refractivity contribution >= 4 is 23.3 Å². The molecule has 1 aromatic heterocycles. The molecule has 0 bridgehead atoms. The smallest absolute Gasteiger partial charge is 0.323 e. The van der Waals surface area contributed by atoms with Crippen molar-refractivity contribution in [3.05, 3.63) is 35.2 Å². The first-order valence-corrected chi connectivity index (χ1v) is 11.1. The van der Waals surface area contributed by atoms with Gasteiger partial charge in [0.15, 0.2) is 5.76 Å². The minimum absolute atomic E-state index is 0.0416. The maximum Gasteiger partial charge on any atom is 0.323 e. The summed E-state index contributed by atoms with van der Waals surface area (Å²) in [6, 6.07) is 4.50. The number of likely N-dealkylation sites (N-methyl/N-ethyl adjacent to an activating group) is 1. The molecule has 0 saturated heterocycles. The van der Waals surface area contributed by atoms with Crippen molar-refractivity contribution in [1.29, 1.82) is 0 Å². The number of carbonyl (C=O) groups is 2. The number of carbonyl (C=O) groups excluding carboxylic acids is 2. The van der Waals surface area contributed by atoms with E-state index in [1.54, 1.807) is 36.9 Å². The van der Waals surface area contributed by atoms with Gasteiger partial charge in [0.05, 0.1) is 19.1 Å². The van der Waals surface area contributed by atoms with Gasteiger partial charge < -0.3 is 35.2 Å². The van der Waals surface area contributed by atoms with Gasteiger partial charge in [-0.15, -0.1) is 0 Å². The highest BCUT2D eigenvalue weighted by Crippen LogP contribution is 2.29. The van der Waals surface area contributed by atoms with Crippen LogP contribution < -0.4 is 20.7 Å². The highest BCUT2D eigenvalue weighted by molar-refractivity contribution is 6.00. The maximum absolute atomic E-state index is 13.1. The SMILES string of the molecule is CNC[C@H]1Oc2ccc(NC(=O)Nc3c(C)noc3C)cc2CC(=O)N([C@H](C)CO)C[C@H]1C. The number of rotatable bonds is 6. The summed E-state index contributed by atoms with van der Waals surface area (Å²) in [6.07, 6.45) is -0.0747. The Hall–Kier alpha value is -3.11. The van der Waals surface area contributed by atoms with Gasteiger partial charge in [0, 0.05) is 30.3 Å². The minimum atomic E-state index is -0.447. The number of benzene rings is 1. The number of anilines is 2. The fourth-order valence-electron chi connectivity index (χ4n) is 3.89. The Bertz CT molecular complexity index is 972. The molecule has 3 atom stereocenters. The van der Waals surface area contributed by atoms with Crippen LogP contribution in [0.15, 0.2) is 22.7 Å². The lowest BCUT2D eigenvalue weighted by molar-refractivity contribution is -0.134. The molecule has 2 heterocycles. The molecule has 33 heavy (non-hydrogen) atoms. The monoisotopic (exact) mass is 459 g/mol. The Morgan fingerprint density at radius 2 is 2.09 bits per heavy atom. The molecule has 4 N–H and O–H groups in total. The molecule has 0 unspecified atom stereocenters. The quantitative estimate of drug-likeness (QED) is 0.522. The lowest BCUT2D eigenvalue weighted by atomic mass is 10.0. The van der Waals surface area contributed by atoms with Crippen LogP contribution in [-0.4, -0.2) is 66.0 Å². The van der Waals surface area contributed by atoms with Gasteiger partial charge in [-0.2, -0.15) is 0 Å². The van der Waals surface area contributed by atoms with Crippen molar-refractivity contribution < 1.29 is 24.0 Å². The second-order valence-corrected chi connectivity index (χ2v) is 8.55. The molecule has 1 aliphatic heterocycles. The third-order valence-corrected chi connectivity index (χ3v) is 5.85. The van der Waals surface area contributed by atoms with E-state index in [1.807, 2.05) is 20.9 Å². The van der Waals surface area contributed by atoms with E-state index in [2.05, 4.69) is 21.1 Å². The van der Waals surface area contributed by atoms with Crippen LogP contribution in [0.25, 0.3) is 0 Å². The van der Waals surface area contributed by atoms with Gasteiger partial charge in [-0.3, -0.25) is 4.79 Å². The third-order valence-electron chi connectivity index (χ3n) is 5.85. The number of aromatic nitrogens is 1. The van der Waals surface area contributed by atoms with Crippen LogP contribution in [0.5, 0.6) is 5.75 Å². The normalized spacial score (nSPS) is 19.6. The molecular formula is C23H33N5O5. The first kappa shape index (κ1) is 24.5. The molecular weight excluding hydrogens is 426 g/mol. The van der Waals surface area contributed by atoms with Crippen molar-refractivity contribution in [2.24, 2.45) is 5.92 Å². The number of ether oxygens (including phenoxy) is 1. The van der Waals surface area contributed by atoms with E-state index in [0.29, 0.717) is 47.2 Å². The van der Waals surface area contributed by atoms with E-state index in [9.17, 15) is 14.7 Å². The van der Waals surface area contributed by atoms with Crippen LogP contribution in [-0.2, 0) is 11.2 Å². The molecule has 0 fully saturated rings. The summed E-state index contributed by atoms with van der Waals surface area (Å²) in [6.45, 7) is 8.29. The average Bonchev–Trinajstić information content (AvgIpc) is 3.11. The largest absolute Gasteiger partial charge is 0.488 e. The van der Waals surface area contributed by atoms with Gasteiger partial charge in [-0.25, -0.2) is 4.79 Å². The number of aliphatic hydroxyl groups is 1. The van der Waals surface area contributed by atoms with Crippen LogP contribution in [0.1, 0.15) is 30.9 Å². The van der Waals surface area contributed by atoms with Gasteiger partial charge in [0.1, 0.15) is 23.2 Å². The zero-order chi connectivity index (χ0) is 24.1. The van der Waals surface area contributed by atoms with Crippen molar-refractivity contribution in [1.82, 2.24) is 15.4 Å². The van der Waals surface area contributed by atoms with Gasteiger partial charge in [0.2, 0.25) is 5.91 Å². The highest BCUT2D eigenvalue weighted by atomic mass is 16.5. The third kappa shape index (κ3) is 5.82. The number of hydrogen-bond donors (Lipinski definition) is 4. The van der Waals surface area contributed by atoms with Gasteiger partial charge in [0.25, 0.3) is 0 Å². The van der Waals surface area contributed by atoms with Crippen LogP contribution >= 0.6 is 0 Å². The Morgan fingerprint density at radius 3 is 2.73 bits per heavy atom. The lowest BCUT2D eigenvalue weighted by Gasteiger charge is -2.32. The topological polar surface area (TPSA) is 129 Å². The number of fused-ring (bicyclic) bond motifs is 1. The summed E-state index contributed by atoms with van der Waals surface area (Å²) in [4.78, 5) is 27.4. The van der Waals surface area contributed by atoms with E-state index < -0.39 is 6.03 Å². The number of nitrogens with zero attached hydrogens (tertiary/aromatic N) is 2. The zero-order valence-corrected chi connectivity index (χ0v) is 19.8. The number of urea groups is 1. The van der Waals surface area contributed by atoms with E-state index in [1.165, 1.54) is 0 Å². The first-order valence-electron chi connectivity index (χ1n) is 11.1. The zero-order valence-electron chi connectivity index (χ0n) is 19.8. The van der Waals surface area contributed by atoms with E-state index >= 15 is 0 Å². The molecule has 2 aromatic rings. The molecule has 1 aromatic carbocycles. The number of hydrogen-bond acceptors (Lipinski definition) is 7. The molecule has 10 heteroatoms. The standard InChI is InChI=1S/C23H33N5O5/c1-13-11-28(14(2)12-29)21(30)9-17-8-18(6-7-19(17)32-20(13)10-24-5)25-23(31)26-22-15(3)27-33-16(22)4/h6-8,13-14,20,24,29H,9-12H2,1-5H3,(H2,25,26,31)/t13-,14-,20-/m1/s1. The van der Waals surface area contributed by atoms with Crippen LogP contribution in [0.3, 0.4) is 0 Å². The Balaban J connectivity index is 1.86. The predicted octanol–water partition coefficient (Wildman–Crippen LogP) is 2.30.